The predicted octanol–water partition coefficient (Wildman–Crippen LogP) is 1.59. The van der Waals surface area contributed by atoms with E-state index in [1.54, 1.807) is 6.20 Å². The van der Waals surface area contributed by atoms with E-state index in [9.17, 15) is 9.59 Å². The Bertz CT molecular complexity index is 490. The molecule has 2 rings (SSSR count). The summed E-state index contributed by atoms with van der Waals surface area (Å²) in [6, 6.07) is 1.85. The van der Waals surface area contributed by atoms with Gasteiger partial charge in [-0.3, -0.25) is 14.5 Å². The van der Waals surface area contributed by atoms with E-state index in [4.69, 9.17) is 5.11 Å². The van der Waals surface area contributed by atoms with Crippen LogP contribution >= 0.6 is 15.9 Å². The molecule has 1 aliphatic heterocycles. The van der Waals surface area contributed by atoms with E-state index in [-0.39, 0.29) is 18.9 Å². The highest BCUT2D eigenvalue weighted by Gasteiger charge is 2.36. The van der Waals surface area contributed by atoms with Crippen molar-refractivity contribution in [2.75, 3.05) is 11.4 Å². The third-order valence-electron chi connectivity index (χ3n) is 2.69. The van der Waals surface area contributed by atoms with Crippen LogP contribution in [0.15, 0.2) is 16.7 Å². The number of carbonyl (C=O) groups excluding carboxylic acids is 1. The number of carboxylic acid groups (broad SMARTS) is 1. The van der Waals surface area contributed by atoms with Crippen LogP contribution in [0.25, 0.3) is 0 Å². The third kappa shape index (κ3) is 2.31. The molecule has 2 heterocycles. The lowest BCUT2D eigenvalue weighted by atomic mass is 10.1. The van der Waals surface area contributed by atoms with Gasteiger partial charge in [-0.2, -0.15) is 0 Å². The van der Waals surface area contributed by atoms with Gasteiger partial charge in [0, 0.05) is 19.2 Å². The van der Waals surface area contributed by atoms with E-state index in [1.807, 2.05) is 13.0 Å². The van der Waals surface area contributed by atoms with Gasteiger partial charge in [0.1, 0.15) is 5.82 Å². The van der Waals surface area contributed by atoms with Gasteiger partial charge in [-0.1, -0.05) is 0 Å². The summed E-state index contributed by atoms with van der Waals surface area (Å²) in [6.45, 7) is 2.08. The first-order chi connectivity index (χ1) is 7.99. The minimum Gasteiger partial charge on any atom is -0.481 e. The Balaban J connectivity index is 2.29. The lowest BCUT2D eigenvalue weighted by Gasteiger charge is -2.16. The van der Waals surface area contributed by atoms with Crippen molar-refractivity contribution >= 4 is 33.6 Å². The molecular formula is C11H11BrN2O3. The lowest BCUT2D eigenvalue weighted by Crippen LogP contribution is -2.27. The van der Waals surface area contributed by atoms with E-state index in [2.05, 4.69) is 20.9 Å². The molecule has 5 nitrogen and oxygen atoms in total. The number of carbonyl (C=O) groups is 2. The molecule has 0 radical (unpaired) electrons. The first kappa shape index (κ1) is 12.0. The SMILES string of the molecule is Cc1cnc(N2CC(C(=O)O)CC2=O)c(Br)c1. The molecule has 17 heavy (non-hydrogen) atoms. The number of aryl methyl sites for hydroxylation is 1. The molecule has 1 aromatic rings. The van der Waals surface area contributed by atoms with Gasteiger partial charge in [-0.15, -0.1) is 0 Å². The average molecular weight is 299 g/mol. The van der Waals surface area contributed by atoms with Crippen LogP contribution in [-0.2, 0) is 9.59 Å². The largest absolute Gasteiger partial charge is 0.481 e. The van der Waals surface area contributed by atoms with Crippen LogP contribution in [0.3, 0.4) is 0 Å². The quantitative estimate of drug-likeness (QED) is 0.900. The Morgan fingerprint density at radius 2 is 2.35 bits per heavy atom. The van der Waals surface area contributed by atoms with Crippen LogP contribution in [0.4, 0.5) is 5.82 Å². The monoisotopic (exact) mass is 298 g/mol. The molecule has 6 heteroatoms. The third-order valence-corrected chi connectivity index (χ3v) is 3.27. The molecule has 1 amide bonds. The average Bonchev–Trinajstić information content (AvgIpc) is 2.61. The van der Waals surface area contributed by atoms with Crippen molar-refractivity contribution in [3.8, 4) is 0 Å². The smallest absolute Gasteiger partial charge is 0.308 e. The minimum absolute atomic E-state index is 0.0390. The second-order valence-corrected chi connectivity index (χ2v) is 4.92. The molecule has 0 aliphatic carbocycles. The van der Waals surface area contributed by atoms with Crippen molar-refractivity contribution in [3.05, 3.63) is 22.3 Å². The number of aromatic nitrogens is 1. The van der Waals surface area contributed by atoms with E-state index in [0.29, 0.717) is 10.3 Å². The Hall–Kier alpha value is -1.43. The van der Waals surface area contributed by atoms with Crippen LogP contribution in [0.1, 0.15) is 12.0 Å². The molecule has 1 aliphatic rings. The van der Waals surface area contributed by atoms with Gasteiger partial charge < -0.3 is 5.11 Å². The fourth-order valence-electron chi connectivity index (χ4n) is 1.80. The zero-order valence-electron chi connectivity index (χ0n) is 9.18. The number of halogens is 1. The summed E-state index contributed by atoms with van der Waals surface area (Å²) in [5, 5.41) is 8.90. The fraction of sp³-hybridized carbons (Fsp3) is 0.364. The highest BCUT2D eigenvalue weighted by molar-refractivity contribution is 9.10. The summed E-state index contributed by atoms with van der Waals surface area (Å²) in [4.78, 5) is 28.2. The molecule has 1 saturated heterocycles. The van der Waals surface area contributed by atoms with Crippen molar-refractivity contribution in [2.45, 2.75) is 13.3 Å². The molecule has 1 aromatic heterocycles. The minimum atomic E-state index is -0.941. The van der Waals surface area contributed by atoms with Gasteiger partial charge in [-0.25, -0.2) is 4.98 Å². The van der Waals surface area contributed by atoms with E-state index < -0.39 is 11.9 Å². The van der Waals surface area contributed by atoms with Crippen molar-refractivity contribution in [2.24, 2.45) is 5.92 Å². The number of nitrogens with zero attached hydrogens (tertiary/aromatic N) is 2. The number of pyridine rings is 1. The normalized spacial score (nSPS) is 19.8. The van der Waals surface area contributed by atoms with Crippen molar-refractivity contribution in [3.63, 3.8) is 0 Å². The molecule has 1 atom stereocenters. The van der Waals surface area contributed by atoms with Gasteiger partial charge >= 0.3 is 5.97 Å². The van der Waals surface area contributed by atoms with Gasteiger partial charge in [0.15, 0.2) is 0 Å². The molecule has 1 unspecified atom stereocenters. The van der Waals surface area contributed by atoms with Gasteiger partial charge in [0.05, 0.1) is 10.4 Å². The summed E-state index contributed by atoms with van der Waals surface area (Å²) in [5.74, 6) is -1.29. The maximum atomic E-state index is 11.7. The summed E-state index contributed by atoms with van der Waals surface area (Å²) < 4.78 is 0.705. The molecule has 0 aromatic carbocycles. The summed E-state index contributed by atoms with van der Waals surface area (Å²) in [7, 11) is 0. The highest BCUT2D eigenvalue weighted by atomic mass is 79.9. The Morgan fingerprint density at radius 1 is 1.65 bits per heavy atom. The summed E-state index contributed by atoms with van der Waals surface area (Å²) in [5.41, 5.74) is 0.974. The number of aliphatic carboxylic acids is 1. The molecule has 0 spiro atoms. The summed E-state index contributed by atoms with van der Waals surface area (Å²) >= 11 is 3.34. The highest BCUT2D eigenvalue weighted by Crippen LogP contribution is 2.30. The standard InChI is InChI=1S/C11H11BrN2O3/c1-6-2-8(12)10(13-4-6)14-5-7(11(16)17)3-9(14)15/h2,4,7H,3,5H2,1H3,(H,16,17). The van der Waals surface area contributed by atoms with Crippen LogP contribution in [0, 0.1) is 12.8 Å². The second-order valence-electron chi connectivity index (χ2n) is 4.06. The van der Waals surface area contributed by atoms with Crippen LogP contribution in [-0.4, -0.2) is 28.5 Å². The van der Waals surface area contributed by atoms with Crippen molar-refractivity contribution in [1.29, 1.82) is 0 Å². The Morgan fingerprint density at radius 3 is 2.88 bits per heavy atom. The topological polar surface area (TPSA) is 70.5 Å². The number of amides is 1. The number of hydrogen-bond acceptors (Lipinski definition) is 3. The first-order valence-electron chi connectivity index (χ1n) is 5.14. The number of hydrogen-bond donors (Lipinski definition) is 1. The molecular weight excluding hydrogens is 288 g/mol. The van der Waals surface area contributed by atoms with E-state index in [0.717, 1.165) is 5.56 Å². The molecule has 90 valence electrons. The second kappa shape index (κ2) is 4.44. The maximum absolute atomic E-state index is 11.7. The molecule has 1 N–H and O–H groups in total. The Kier molecular flexibility index (Phi) is 3.15. The van der Waals surface area contributed by atoms with Crippen LogP contribution in [0.5, 0.6) is 0 Å². The number of anilines is 1. The van der Waals surface area contributed by atoms with Crippen molar-refractivity contribution in [1.82, 2.24) is 4.98 Å². The van der Waals surface area contributed by atoms with E-state index in [1.165, 1.54) is 4.90 Å². The molecule has 1 fully saturated rings. The van der Waals surface area contributed by atoms with Gasteiger partial charge in [0.2, 0.25) is 5.91 Å². The Labute approximate surface area is 107 Å². The van der Waals surface area contributed by atoms with Crippen molar-refractivity contribution < 1.29 is 14.7 Å². The predicted molar refractivity (Wildman–Crippen MR) is 64.8 cm³/mol. The fourth-order valence-corrected chi connectivity index (χ4v) is 2.48. The zero-order chi connectivity index (χ0) is 12.6. The van der Waals surface area contributed by atoms with Crippen LogP contribution < -0.4 is 4.90 Å². The van der Waals surface area contributed by atoms with Gasteiger partial charge in [-0.05, 0) is 34.5 Å². The van der Waals surface area contributed by atoms with E-state index >= 15 is 0 Å². The zero-order valence-corrected chi connectivity index (χ0v) is 10.8. The first-order valence-corrected chi connectivity index (χ1v) is 5.93. The van der Waals surface area contributed by atoms with Crippen LogP contribution in [0.2, 0.25) is 0 Å². The molecule has 0 bridgehead atoms. The van der Waals surface area contributed by atoms with Gasteiger partial charge in [0.25, 0.3) is 0 Å². The lowest BCUT2D eigenvalue weighted by molar-refractivity contribution is -0.141. The number of carboxylic acids is 1. The molecule has 0 saturated carbocycles. The number of rotatable bonds is 2. The summed E-state index contributed by atoms with van der Waals surface area (Å²) in [6.07, 6.45) is 1.69. The maximum Gasteiger partial charge on any atom is 0.308 e.